The number of hydrogen-bond acceptors (Lipinski definition) is 2. The van der Waals surface area contributed by atoms with Gasteiger partial charge in [-0.15, -0.1) is 0 Å². The zero-order valence-electron chi connectivity index (χ0n) is 11.9. The molecule has 0 spiro atoms. The zero-order valence-corrected chi connectivity index (χ0v) is 11.9. The molecule has 0 aliphatic carbocycles. The molecule has 1 heterocycles. The lowest BCUT2D eigenvalue weighted by Gasteiger charge is -2.00. The molecule has 102 valence electrons. The first-order valence-electron chi connectivity index (χ1n) is 6.94. The highest BCUT2D eigenvalue weighted by molar-refractivity contribution is 5.83. The standard InChI is InChI=1S/C17H19N3/c1-11-9-12(2)16-15(10-11)19-17(20-16)14-5-3-13(4-6-14)7-8-18/h3-6,9-10H,7-8,18H2,1-2H3,(H,19,20). The van der Waals surface area contributed by atoms with Gasteiger partial charge in [-0.2, -0.15) is 0 Å². The maximum Gasteiger partial charge on any atom is 0.138 e. The van der Waals surface area contributed by atoms with Gasteiger partial charge < -0.3 is 10.7 Å². The van der Waals surface area contributed by atoms with Gasteiger partial charge in [0.05, 0.1) is 11.0 Å². The predicted octanol–water partition coefficient (Wildman–Crippen LogP) is 3.35. The normalized spacial score (nSPS) is 11.2. The SMILES string of the molecule is Cc1cc(C)c2nc(-c3ccc(CCN)cc3)[nH]c2c1. The highest BCUT2D eigenvalue weighted by Gasteiger charge is 2.07. The Balaban J connectivity index is 2.03. The van der Waals surface area contributed by atoms with Crippen LogP contribution in [0.25, 0.3) is 22.4 Å². The number of nitrogens with two attached hydrogens (primary N) is 1. The van der Waals surface area contributed by atoms with Gasteiger partial charge >= 0.3 is 0 Å². The summed E-state index contributed by atoms with van der Waals surface area (Å²) in [4.78, 5) is 8.13. The first kappa shape index (κ1) is 12.9. The average molecular weight is 265 g/mol. The predicted molar refractivity (Wildman–Crippen MR) is 83.8 cm³/mol. The van der Waals surface area contributed by atoms with Crippen molar-refractivity contribution in [2.24, 2.45) is 5.73 Å². The van der Waals surface area contributed by atoms with Gasteiger partial charge in [-0.1, -0.05) is 30.3 Å². The number of aromatic amines is 1. The summed E-state index contributed by atoms with van der Waals surface area (Å²) < 4.78 is 0. The van der Waals surface area contributed by atoms with E-state index in [4.69, 9.17) is 10.7 Å². The Labute approximate surface area is 118 Å². The van der Waals surface area contributed by atoms with Gasteiger partial charge in [-0.3, -0.25) is 0 Å². The maximum atomic E-state index is 5.57. The fourth-order valence-corrected chi connectivity index (χ4v) is 2.60. The summed E-state index contributed by atoms with van der Waals surface area (Å²) in [6.07, 6.45) is 0.915. The summed E-state index contributed by atoms with van der Waals surface area (Å²) in [6.45, 7) is 4.89. The number of aryl methyl sites for hydroxylation is 2. The van der Waals surface area contributed by atoms with Gasteiger partial charge in [0, 0.05) is 5.56 Å². The molecule has 0 atom stereocenters. The summed E-state index contributed by atoms with van der Waals surface area (Å²) in [6, 6.07) is 12.7. The summed E-state index contributed by atoms with van der Waals surface area (Å²) in [5, 5.41) is 0. The fraction of sp³-hybridized carbons (Fsp3) is 0.235. The number of fused-ring (bicyclic) bond motifs is 1. The van der Waals surface area contributed by atoms with E-state index < -0.39 is 0 Å². The van der Waals surface area contributed by atoms with E-state index in [1.807, 2.05) is 0 Å². The van der Waals surface area contributed by atoms with Crippen LogP contribution in [0.4, 0.5) is 0 Å². The molecule has 0 aliphatic rings. The monoisotopic (exact) mass is 265 g/mol. The highest BCUT2D eigenvalue weighted by Crippen LogP contribution is 2.24. The van der Waals surface area contributed by atoms with Crippen LogP contribution in [0, 0.1) is 13.8 Å². The molecule has 1 aromatic heterocycles. The molecule has 0 radical (unpaired) electrons. The van der Waals surface area contributed by atoms with E-state index in [0.717, 1.165) is 28.8 Å². The van der Waals surface area contributed by atoms with Crippen molar-refractivity contribution in [3.63, 3.8) is 0 Å². The van der Waals surface area contributed by atoms with Crippen molar-refractivity contribution < 1.29 is 0 Å². The molecule has 3 heteroatoms. The molecular weight excluding hydrogens is 246 g/mol. The van der Waals surface area contributed by atoms with Crippen molar-refractivity contribution in [3.05, 3.63) is 53.1 Å². The van der Waals surface area contributed by atoms with Crippen LogP contribution in [-0.4, -0.2) is 16.5 Å². The summed E-state index contributed by atoms with van der Waals surface area (Å²) in [5.41, 5.74) is 12.6. The molecule has 3 nitrogen and oxygen atoms in total. The molecule has 0 saturated heterocycles. The second kappa shape index (κ2) is 5.10. The van der Waals surface area contributed by atoms with E-state index in [2.05, 4.69) is 55.2 Å². The molecule has 0 aliphatic heterocycles. The van der Waals surface area contributed by atoms with Crippen LogP contribution in [0.2, 0.25) is 0 Å². The second-order valence-electron chi connectivity index (χ2n) is 5.30. The van der Waals surface area contributed by atoms with Crippen LogP contribution in [0.5, 0.6) is 0 Å². The molecule has 3 aromatic rings. The van der Waals surface area contributed by atoms with Crippen molar-refractivity contribution >= 4 is 11.0 Å². The Hall–Kier alpha value is -2.13. The first-order chi connectivity index (χ1) is 9.67. The second-order valence-corrected chi connectivity index (χ2v) is 5.30. The lowest BCUT2D eigenvalue weighted by atomic mass is 10.1. The molecule has 3 N–H and O–H groups in total. The third-order valence-electron chi connectivity index (χ3n) is 3.58. The van der Waals surface area contributed by atoms with Crippen LogP contribution < -0.4 is 5.73 Å². The van der Waals surface area contributed by atoms with Gasteiger partial charge in [0.15, 0.2) is 0 Å². The van der Waals surface area contributed by atoms with Crippen LogP contribution in [0.1, 0.15) is 16.7 Å². The Bertz CT molecular complexity index is 739. The minimum absolute atomic E-state index is 0.683. The molecule has 3 rings (SSSR count). The smallest absolute Gasteiger partial charge is 0.138 e. The van der Waals surface area contributed by atoms with Crippen molar-refractivity contribution in [2.45, 2.75) is 20.3 Å². The van der Waals surface area contributed by atoms with Crippen molar-refractivity contribution in [1.82, 2.24) is 9.97 Å². The van der Waals surface area contributed by atoms with Crippen molar-refractivity contribution in [2.75, 3.05) is 6.54 Å². The largest absolute Gasteiger partial charge is 0.338 e. The summed E-state index contributed by atoms with van der Waals surface area (Å²) in [7, 11) is 0. The van der Waals surface area contributed by atoms with Gasteiger partial charge in [0.2, 0.25) is 0 Å². The van der Waals surface area contributed by atoms with Crippen LogP contribution in [0.15, 0.2) is 36.4 Å². The van der Waals surface area contributed by atoms with Gasteiger partial charge in [0.25, 0.3) is 0 Å². The van der Waals surface area contributed by atoms with Gasteiger partial charge in [0.1, 0.15) is 5.82 Å². The van der Waals surface area contributed by atoms with Gasteiger partial charge in [-0.25, -0.2) is 4.98 Å². The van der Waals surface area contributed by atoms with Gasteiger partial charge in [-0.05, 0) is 49.6 Å². The van der Waals surface area contributed by atoms with E-state index in [-0.39, 0.29) is 0 Å². The van der Waals surface area contributed by atoms with E-state index in [1.54, 1.807) is 0 Å². The highest BCUT2D eigenvalue weighted by atomic mass is 14.9. The summed E-state index contributed by atoms with van der Waals surface area (Å²) in [5.74, 6) is 0.924. The number of aromatic nitrogens is 2. The van der Waals surface area contributed by atoms with Crippen LogP contribution in [-0.2, 0) is 6.42 Å². The molecular formula is C17H19N3. The zero-order chi connectivity index (χ0) is 14.1. The molecule has 0 saturated carbocycles. The van der Waals surface area contributed by atoms with E-state index in [9.17, 15) is 0 Å². The number of nitrogens with one attached hydrogen (secondary N) is 1. The molecule has 0 fully saturated rings. The minimum Gasteiger partial charge on any atom is -0.338 e. The molecule has 2 aromatic carbocycles. The average Bonchev–Trinajstić information content (AvgIpc) is 2.84. The van der Waals surface area contributed by atoms with Crippen molar-refractivity contribution in [3.8, 4) is 11.4 Å². The first-order valence-corrected chi connectivity index (χ1v) is 6.94. The number of benzene rings is 2. The molecule has 0 bridgehead atoms. The summed E-state index contributed by atoms with van der Waals surface area (Å²) >= 11 is 0. The Morgan fingerprint density at radius 3 is 2.55 bits per heavy atom. The Morgan fingerprint density at radius 2 is 1.85 bits per heavy atom. The minimum atomic E-state index is 0.683. The topological polar surface area (TPSA) is 54.7 Å². The molecule has 0 unspecified atom stereocenters. The molecule has 0 amide bonds. The van der Waals surface area contributed by atoms with Crippen LogP contribution in [0.3, 0.4) is 0 Å². The number of hydrogen-bond donors (Lipinski definition) is 2. The molecule has 20 heavy (non-hydrogen) atoms. The fourth-order valence-electron chi connectivity index (χ4n) is 2.60. The third-order valence-corrected chi connectivity index (χ3v) is 3.58. The Morgan fingerprint density at radius 1 is 1.10 bits per heavy atom. The quantitative estimate of drug-likeness (QED) is 0.763. The maximum absolute atomic E-state index is 5.57. The van der Waals surface area contributed by atoms with E-state index >= 15 is 0 Å². The Kier molecular flexibility index (Phi) is 3.28. The number of imidazole rings is 1. The van der Waals surface area contributed by atoms with E-state index in [0.29, 0.717) is 6.54 Å². The number of nitrogens with zero attached hydrogens (tertiary/aromatic N) is 1. The van der Waals surface area contributed by atoms with Crippen molar-refractivity contribution in [1.29, 1.82) is 0 Å². The lowest BCUT2D eigenvalue weighted by Crippen LogP contribution is -2.02. The van der Waals surface area contributed by atoms with Crippen LogP contribution >= 0.6 is 0 Å². The number of H-pyrrole nitrogens is 1. The lowest BCUT2D eigenvalue weighted by molar-refractivity contribution is 0.969. The number of rotatable bonds is 3. The third kappa shape index (κ3) is 2.32. The van der Waals surface area contributed by atoms with E-state index in [1.165, 1.54) is 16.7 Å².